The van der Waals surface area contributed by atoms with E-state index < -0.39 is 92.5 Å². The fourth-order valence-corrected chi connectivity index (χ4v) is 4.88. The van der Waals surface area contributed by atoms with E-state index >= 15 is 0 Å². The van der Waals surface area contributed by atoms with Gasteiger partial charge in [0.1, 0.15) is 54.9 Å². The maximum atomic E-state index is 12.8. The Bertz CT molecular complexity index is 1230. The Morgan fingerprint density at radius 1 is 0.933 bits per heavy atom. The molecule has 0 saturated carbocycles. The number of methoxy groups -OCH3 is 1. The minimum atomic E-state index is -1.79. The quantitative estimate of drug-likeness (QED) is 0.0956. The first-order valence-electron chi connectivity index (χ1n) is 14.1. The van der Waals surface area contributed by atoms with E-state index in [1.165, 1.54) is 18.0 Å². The van der Waals surface area contributed by atoms with Crippen LogP contribution in [-0.4, -0.2) is 157 Å². The number of aliphatic hydroxyl groups excluding tert-OH is 7. The van der Waals surface area contributed by atoms with Gasteiger partial charge in [-0.25, -0.2) is 9.48 Å². The number of amides is 1. The van der Waals surface area contributed by atoms with E-state index in [4.69, 9.17) is 23.7 Å². The smallest absolute Gasteiger partial charge is 0.328 e. The van der Waals surface area contributed by atoms with Crippen molar-refractivity contribution in [3.63, 3.8) is 0 Å². The molecule has 18 nitrogen and oxygen atoms in total. The minimum absolute atomic E-state index is 0.0159. The summed E-state index contributed by atoms with van der Waals surface area (Å²) in [6.45, 7) is -1.57. The molecule has 1 aromatic carbocycles. The Morgan fingerprint density at radius 2 is 1.60 bits per heavy atom. The van der Waals surface area contributed by atoms with Crippen molar-refractivity contribution < 1.29 is 69.0 Å². The number of nitrogens with zero attached hydrogens (tertiary/aromatic N) is 3. The zero-order chi connectivity index (χ0) is 32.7. The van der Waals surface area contributed by atoms with Crippen molar-refractivity contribution in [1.29, 1.82) is 0 Å². The molecule has 1 amide bonds. The molecular formula is C27H38N4O14. The molecule has 2 saturated heterocycles. The van der Waals surface area contributed by atoms with Crippen molar-refractivity contribution in [2.75, 3.05) is 26.9 Å². The van der Waals surface area contributed by atoms with Crippen LogP contribution in [0.1, 0.15) is 16.1 Å². The van der Waals surface area contributed by atoms with E-state index in [1.807, 2.05) is 6.07 Å². The first-order chi connectivity index (χ1) is 21.6. The summed E-state index contributed by atoms with van der Waals surface area (Å²) in [6.07, 6.45) is -14.2. The number of carbonyl (C=O) groups excluding carboxylic acids is 2. The van der Waals surface area contributed by atoms with E-state index in [2.05, 4.69) is 15.6 Å². The van der Waals surface area contributed by atoms with Crippen molar-refractivity contribution in [1.82, 2.24) is 20.3 Å². The van der Waals surface area contributed by atoms with E-state index in [0.29, 0.717) is 0 Å². The largest absolute Gasteiger partial charge is 0.467 e. The highest BCUT2D eigenvalue weighted by Gasteiger charge is 2.50. The van der Waals surface area contributed by atoms with Crippen LogP contribution in [0.3, 0.4) is 0 Å². The molecule has 11 atom stereocenters. The number of rotatable bonds is 13. The number of carbonyl (C=O) groups is 2. The van der Waals surface area contributed by atoms with Crippen molar-refractivity contribution in [2.24, 2.45) is 0 Å². The maximum absolute atomic E-state index is 12.8. The summed E-state index contributed by atoms with van der Waals surface area (Å²) in [4.78, 5) is 25.0. The van der Waals surface area contributed by atoms with Crippen LogP contribution in [0.2, 0.25) is 0 Å². The Morgan fingerprint density at radius 3 is 2.27 bits per heavy atom. The third-order valence-corrected chi connectivity index (χ3v) is 7.41. The van der Waals surface area contributed by atoms with Gasteiger partial charge >= 0.3 is 5.97 Å². The van der Waals surface area contributed by atoms with Crippen LogP contribution in [0, 0.1) is 0 Å². The van der Waals surface area contributed by atoms with Crippen molar-refractivity contribution in [3.8, 4) is 0 Å². The summed E-state index contributed by atoms with van der Waals surface area (Å²) in [5.41, 5.74) is 0.719. The van der Waals surface area contributed by atoms with Gasteiger partial charge in [-0.3, -0.25) is 4.79 Å². The lowest BCUT2D eigenvalue weighted by atomic mass is 9.97. The lowest BCUT2D eigenvalue weighted by Gasteiger charge is -2.45. The molecule has 2 aromatic rings. The summed E-state index contributed by atoms with van der Waals surface area (Å²) >= 11 is 0. The molecule has 0 radical (unpaired) electrons. The van der Waals surface area contributed by atoms with Gasteiger partial charge in [0.15, 0.2) is 18.3 Å². The van der Waals surface area contributed by atoms with Crippen LogP contribution in [0.4, 0.5) is 0 Å². The number of nitrogens with one attached hydrogen (secondary N) is 1. The average Bonchev–Trinajstić information content (AvgIpc) is 3.53. The molecule has 0 spiro atoms. The highest BCUT2D eigenvalue weighted by Crippen LogP contribution is 2.29. The Balaban J connectivity index is 1.30. The van der Waals surface area contributed by atoms with E-state index in [-0.39, 0.29) is 25.3 Å². The van der Waals surface area contributed by atoms with Crippen molar-refractivity contribution in [2.45, 2.75) is 80.4 Å². The average molecular weight is 643 g/mol. The number of hydrogen-bond donors (Lipinski definition) is 8. The molecule has 0 bridgehead atoms. The highest BCUT2D eigenvalue weighted by atomic mass is 16.7. The monoisotopic (exact) mass is 642 g/mol. The van der Waals surface area contributed by atoms with Crippen LogP contribution >= 0.6 is 0 Å². The molecular weight excluding hydrogens is 604 g/mol. The summed E-state index contributed by atoms with van der Waals surface area (Å²) in [5, 5.41) is 81.0. The first kappa shape index (κ1) is 34.7. The lowest BCUT2D eigenvalue weighted by Crippen LogP contribution is -2.64. The van der Waals surface area contributed by atoms with Gasteiger partial charge in [0.25, 0.3) is 5.91 Å². The predicted molar refractivity (Wildman–Crippen MR) is 146 cm³/mol. The second kappa shape index (κ2) is 15.9. The van der Waals surface area contributed by atoms with E-state index in [9.17, 15) is 45.3 Å². The number of benzene rings is 1. The molecule has 8 N–H and O–H groups in total. The van der Waals surface area contributed by atoms with Crippen LogP contribution in [-0.2, 0) is 41.4 Å². The molecule has 18 heteroatoms. The lowest BCUT2D eigenvalue weighted by molar-refractivity contribution is -0.359. The van der Waals surface area contributed by atoms with Gasteiger partial charge < -0.3 is 64.7 Å². The maximum Gasteiger partial charge on any atom is 0.328 e. The fourth-order valence-electron chi connectivity index (χ4n) is 4.88. The highest BCUT2D eigenvalue weighted by molar-refractivity contribution is 5.94. The van der Waals surface area contributed by atoms with E-state index in [0.717, 1.165) is 5.56 Å². The molecule has 2 fully saturated rings. The fraction of sp³-hybridized carbons (Fsp3) is 0.630. The van der Waals surface area contributed by atoms with Gasteiger partial charge in [0, 0.05) is 6.42 Å². The molecule has 3 heterocycles. The zero-order valence-electron chi connectivity index (χ0n) is 24.2. The van der Waals surface area contributed by atoms with Gasteiger partial charge in [-0.1, -0.05) is 35.5 Å². The second-order valence-electron chi connectivity index (χ2n) is 10.5. The second-order valence-corrected chi connectivity index (χ2v) is 10.5. The van der Waals surface area contributed by atoms with Crippen LogP contribution in [0.15, 0.2) is 36.5 Å². The zero-order valence-corrected chi connectivity index (χ0v) is 24.2. The number of aliphatic hydroxyl groups is 7. The van der Waals surface area contributed by atoms with Gasteiger partial charge in [-0.2, -0.15) is 0 Å². The van der Waals surface area contributed by atoms with Crippen LogP contribution in [0.5, 0.6) is 0 Å². The van der Waals surface area contributed by atoms with E-state index in [1.54, 1.807) is 24.3 Å². The van der Waals surface area contributed by atoms with Crippen molar-refractivity contribution in [3.05, 3.63) is 47.8 Å². The number of ether oxygens (including phenoxy) is 5. The number of aromatic nitrogens is 3. The van der Waals surface area contributed by atoms with Gasteiger partial charge in [0.2, 0.25) is 0 Å². The first-order valence-corrected chi connectivity index (χ1v) is 14.1. The molecule has 0 aliphatic carbocycles. The Labute approximate surface area is 256 Å². The normalized spacial score (nSPS) is 32.5. The SMILES string of the molecule is COC(=O)[C@H](Cc1ccccc1)NC(=O)c1cn(CCO[C@@H]2O[C@H](CO)[C@@H](O[C@@H]3O[C@H](CO)[C@H](O)[C@H](O)[C@H]3O)[C@H](O)[C@H]2O)nn1. The third-order valence-electron chi connectivity index (χ3n) is 7.41. The van der Waals surface area contributed by atoms with Gasteiger partial charge in [0.05, 0.1) is 39.7 Å². The molecule has 2 aliphatic heterocycles. The Hall–Kier alpha value is -3.14. The molecule has 1 aromatic heterocycles. The summed E-state index contributed by atoms with van der Waals surface area (Å²) in [5.74, 6) is -1.30. The topological polar surface area (TPSA) is 265 Å². The van der Waals surface area contributed by atoms with Crippen LogP contribution < -0.4 is 5.32 Å². The number of hydrogen-bond acceptors (Lipinski definition) is 16. The molecule has 45 heavy (non-hydrogen) atoms. The predicted octanol–water partition coefficient (Wildman–Crippen LogP) is -4.57. The van der Waals surface area contributed by atoms with Crippen molar-refractivity contribution >= 4 is 11.9 Å². The standard InChI is InChI=1S/C27H38N4O14/c1-41-25(40)14(9-13-5-3-2-4-6-13)28-24(39)15-10-31(30-29-15)7-8-42-26-22(38)20(36)23(17(12-33)44-26)45-27-21(37)19(35)18(34)16(11-32)43-27/h2-6,10,14,16-23,26-27,32-38H,7-9,11-12H2,1H3,(H,28,39)/t14-,16+,17+,18-,19-,20+,21+,22+,23+,26+,27-/m0/s1. The summed E-state index contributed by atoms with van der Waals surface area (Å²) in [7, 11) is 1.21. The third kappa shape index (κ3) is 8.37. The molecule has 250 valence electrons. The minimum Gasteiger partial charge on any atom is -0.467 e. The van der Waals surface area contributed by atoms with Crippen LogP contribution in [0.25, 0.3) is 0 Å². The summed E-state index contributed by atoms with van der Waals surface area (Å²) < 4.78 is 28.0. The summed E-state index contributed by atoms with van der Waals surface area (Å²) in [6, 6.07) is 8.07. The molecule has 0 unspecified atom stereocenters. The van der Waals surface area contributed by atoms with Gasteiger partial charge in [-0.15, -0.1) is 5.10 Å². The Kier molecular flexibility index (Phi) is 12.3. The van der Waals surface area contributed by atoms with Gasteiger partial charge in [-0.05, 0) is 5.56 Å². The molecule has 2 aliphatic rings. The molecule has 4 rings (SSSR count). The number of esters is 1.